The smallest absolute Gasteiger partial charge is 0.255 e. The third kappa shape index (κ3) is 2.72. The van der Waals surface area contributed by atoms with Gasteiger partial charge in [-0.1, -0.05) is 6.92 Å². The summed E-state index contributed by atoms with van der Waals surface area (Å²) >= 11 is 0. The van der Waals surface area contributed by atoms with Crippen LogP contribution < -0.4 is 19.8 Å². The monoisotopic (exact) mass is 319 g/mol. The Balaban J connectivity index is 2.85. The first-order valence-corrected chi connectivity index (χ1v) is 7.24. The van der Waals surface area contributed by atoms with Gasteiger partial charge in [0, 0.05) is 11.1 Å². The van der Waals surface area contributed by atoms with E-state index in [9.17, 15) is 9.90 Å². The highest BCUT2D eigenvalue weighted by molar-refractivity contribution is 5.77. The molecule has 0 atom stereocenters. The van der Waals surface area contributed by atoms with Gasteiger partial charge < -0.3 is 24.3 Å². The molecule has 0 aliphatic carbocycles. The molecule has 0 aliphatic heterocycles. The largest absolute Gasteiger partial charge is 0.507 e. The number of ether oxygens (including phenoxy) is 3. The third-order valence-electron chi connectivity index (χ3n) is 3.85. The van der Waals surface area contributed by atoms with Crippen molar-refractivity contribution in [3.8, 4) is 34.3 Å². The highest BCUT2D eigenvalue weighted by Gasteiger charge is 2.21. The molecule has 1 aromatic heterocycles. The van der Waals surface area contributed by atoms with E-state index in [-0.39, 0.29) is 11.3 Å². The zero-order valence-electron chi connectivity index (χ0n) is 13.9. The minimum Gasteiger partial charge on any atom is -0.507 e. The predicted molar refractivity (Wildman–Crippen MR) is 87.9 cm³/mol. The molecule has 0 unspecified atom stereocenters. The first-order valence-electron chi connectivity index (χ1n) is 7.24. The number of aromatic amines is 1. The molecule has 2 N–H and O–H groups in total. The lowest BCUT2D eigenvalue weighted by molar-refractivity contribution is 0.325. The topological polar surface area (TPSA) is 80.8 Å². The van der Waals surface area contributed by atoms with Gasteiger partial charge in [0.05, 0.1) is 32.6 Å². The van der Waals surface area contributed by atoms with Crippen molar-refractivity contribution in [1.82, 2.24) is 4.98 Å². The number of nitrogens with one attached hydrogen (secondary N) is 1. The van der Waals surface area contributed by atoms with Crippen molar-refractivity contribution in [3.63, 3.8) is 0 Å². The van der Waals surface area contributed by atoms with E-state index in [0.29, 0.717) is 46.1 Å². The van der Waals surface area contributed by atoms with Crippen LogP contribution in [0, 0.1) is 6.92 Å². The summed E-state index contributed by atoms with van der Waals surface area (Å²) in [5.74, 6) is 1.38. The maximum atomic E-state index is 12.1. The van der Waals surface area contributed by atoms with E-state index in [1.165, 1.54) is 21.3 Å². The summed E-state index contributed by atoms with van der Waals surface area (Å²) in [5.41, 5.74) is 1.73. The van der Waals surface area contributed by atoms with Crippen molar-refractivity contribution in [2.24, 2.45) is 0 Å². The van der Waals surface area contributed by atoms with E-state index >= 15 is 0 Å². The van der Waals surface area contributed by atoms with E-state index in [0.717, 1.165) is 0 Å². The Morgan fingerprint density at radius 3 is 2.26 bits per heavy atom. The molecule has 1 heterocycles. The summed E-state index contributed by atoms with van der Waals surface area (Å²) in [6, 6.07) is 3.49. The van der Waals surface area contributed by atoms with Gasteiger partial charge in [0.1, 0.15) is 5.75 Å². The molecule has 124 valence electrons. The molecule has 0 saturated carbocycles. The quantitative estimate of drug-likeness (QED) is 0.885. The number of pyridine rings is 1. The number of hydrogen-bond acceptors (Lipinski definition) is 5. The summed E-state index contributed by atoms with van der Waals surface area (Å²) in [6.45, 7) is 3.49. The van der Waals surface area contributed by atoms with Crippen LogP contribution >= 0.6 is 0 Å². The number of benzene rings is 1. The highest BCUT2D eigenvalue weighted by Crippen LogP contribution is 2.45. The van der Waals surface area contributed by atoms with Crippen LogP contribution in [0.4, 0.5) is 0 Å². The van der Waals surface area contributed by atoms with Crippen LogP contribution in [0.1, 0.15) is 18.1 Å². The molecule has 0 bridgehead atoms. The second-order valence-electron chi connectivity index (χ2n) is 5.02. The zero-order chi connectivity index (χ0) is 17.1. The Morgan fingerprint density at radius 1 is 1.09 bits per heavy atom. The van der Waals surface area contributed by atoms with Crippen LogP contribution in [0.25, 0.3) is 11.3 Å². The number of methoxy groups -OCH3 is 3. The molecule has 1 aromatic carbocycles. The van der Waals surface area contributed by atoms with Gasteiger partial charge in [-0.25, -0.2) is 0 Å². The van der Waals surface area contributed by atoms with Crippen LogP contribution in [-0.2, 0) is 6.42 Å². The van der Waals surface area contributed by atoms with E-state index < -0.39 is 0 Å². The molecule has 0 aliphatic rings. The van der Waals surface area contributed by atoms with Crippen molar-refractivity contribution in [1.29, 1.82) is 0 Å². The molecule has 2 rings (SSSR count). The second-order valence-corrected chi connectivity index (χ2v) is 5.02. The van der Waals surface area contributed by atoms with Crippen molar-refractivity contribution in [2.45, 2.75) is 20.3 Å². The predicted octanol–water partition coefficient (Wildman–Crippen LogP) is 2.64. The van der Waals surface area contributed by atoms with Gasteiger partial charge in [0.25, 0.3) is 5.56 Å². The zero-order valence-corrected chi connectivity index (χ0v) is 13.9. The van der Waals surface area contributed by atoms with Gasteiger partial charge in [-0.2, -0.15) is 0 Å². The molecule has 0 fully saturated rings. The van der Waals surface area contributed by atoms with Gasteiger partial charge in [-0.3, -0.25) is 4.79 Å². The van der Waals surface area contributed by atoms with Crippen molar-refractivity contribution in [2.75, 3.05) is 21.3 Å². The van der Waals surface area contributed by atoms with Gasteiger partial charge in [-0.05, 0) is 25.5 Å². The Morgan fingerprint density at radius 2 is 1.74 bits per heavy atom. The fourth-order valence-electron chi connectivity index (χ4n) is 2.61. The molecular formula is C17H21NO5. The lowest BCUT2D eigenvalue weighted by atomic mass is 9.99. The lowest BCUT2D eigenvalue weighted by Gasteiger charge is -2.18. The lowest BCUT2D eigenvalue weighted by Crippen LogP contribution is -2.13. The van der Waals surface area contributed by atoms with Gasteiger partial charge in [0.2, 0.25) is 5.75 Å². The second kappa shape index (κ2) is 6.64. The van der Waals surface area contributed by atoms with E-state index in [1.807, 2.05) is 6.92 Å². The van der Waals surface area contributed by atoms with Crippen LogP contribution in [-0.4, -0.2) is 31.4 Å². The molecule has 6 nitrogen and oxygen atoms in total. The van der Waals surface area contributed by atoms with E-state index in [2.05, 4.69) is 4.98 Å². The average molecular weight is 319 g/mol. The molecule has 0 spiro atoms. The number of hydrogen-bond donors (Lipinski definition) is 2. The van der Waals surface area contributed by atoms with Crippen molar-refractivity contribution < 1.29 is 19.3 Å². The minimum atomic E-state index is -0.341. The van der Waals surface area contributed by atoms with Crippen molar-refractivity contribution in [3.05, 3.63) is 33.6 Å². The Labute approximate surface area is 134 Å². The minimum absolute atomic E-state index is 0.00286. The summed E-state index contributed by atoms with van der Waals surface area (Å²) in [4.78, 5) is 14.9. The molecule has 0 amide bonds. The van der Waals surface area contributed by atoms with Crippen LogP contribution in [0.5, 0.6) is 23.0 Å². The van der Waals surface area contributed by atoms with Gasteiger partial charge in [0.15, 0.2) is 11.5 Å². The van der Waals surface area contributed by atoms with Crippen LogP contribution in [0.2, 0.25) is 0 Å². The summed E-state index contributed by atoms with van der Waals surface area (Å²) in [6.07, 6.45) is 0.552. The molecular weight excluding hydrogens is 298 g/mol. The fourth-order valence-corrected chi connectivity index (χ4v) is 2.61. The maximum Gasteiger partial charge on any atom is 0.255 e. The normalized spacial score (nSPS) is 10.5. The fraction of sp³-hybridized carbons (Fsp3) is 0.353. The first kappa shape index (κ1) is 16.7. The summed E-state index contributed by atoms with van der Waals surface area (Å²) < 4.78 is 16.1. The number of H-pyrrole nitrogens is 1. The van der Waals surface area contributed by atoms with E-state index in [4.69, 9.17) is 14.2 Å². The summed E-state index contributed by atoms with van der Waals surface area (Å²) in [5, 5.41) is 10.3. The van der Waals surface area contributed by atoms with Gasteiger partial charge in [-0.15, -0.1) is 0 Å². The Bertz CT molecular complexity index is 780. The standard InChI is InChI=1S/C17H21NO5/c1-6-10-13(18-17(20)9(2)14(10)19)11-7-8-12(21-3)16(23-5)15(11)22-4/h7-8H,6H2,1-5H3,(H2,18,19,20). The first-order chi connectivity index (χ1) is 11.0. The SMILES string of the molecule is CCc1c(-c2ccc(OC)c(OC)c2OC)[nH]c(=O)c(C)c1O. The van der Waals surface area contributed by atoms with Crippen molar-refractivity contribution >= 4 is 0 Å². The van der Waals surface area contributed by atoms with E-state index in [1.54, 1.807) is 19.1 Å². The Kier molecular flexibility index (Phi) is 4.83. The molecule has 23 heavy (non-hydrogen) atoms. The maximum absolute atomic E-state index is 12.1. The number of aromatic hydroxyl groups is 1. The van der Waals surface area contributed by atoms with Crippen LogP contribution in [0.15, 0.2) is 16.9 Å². The van der Waals surface area contributed by atoms with Gasteiger partial charge >= 0.3 is 0 Å². The Hall–Kier alpha value is -2.63. The molecule has 2 aromatic rings. The number of rotatable bonds is 5. The molecule has 0 saturated heterocycles. The molecule has 0 radical (unpaired) electrons. The summed E-state index contributed by atoms with van der Waals surface area (Å²) in [7, 11) is 4.56. The number of aromatic nitrogens is 1. The highest BCUT2D eigenvalue weighted by atomic mass is 16.5. The third-order valence-corrected chi connectivity index (χ3v) is 3.85. The molecule has 6 heteroatoms. The van der Waals surface area contributed by atoms with Crippen LogP contribution in [0.3, 0.4) is 0 Å². The average Bonchev–Trinajstić information content (AvgIpc) is 2.57.